The molecule has 3 N–H and O–H groups in total. The van der Waals surface area contributed by atoms with Crippen molar-refractivity contribution in [3.63, 3.8) is 0 Å². The summed E-state index contributed by atoms with van der Waals surface area (Å²) in [6, 6.07) is 13.6. The number of nitrogens with zero attached hydrogens (tertiary/aromatic N) is 3. The first-order valence-corrected chi connectivity index (χ1v) is 9.09. The van der Waals surface area contributed by atoms with Crippen molar-refractivity contribution in [2.24, 2.45) is 0 Å². The van der Waals surface area contributed by atoms with Crippen molar-refractivity contribution >= 4 is 27.7 Å². The minimum absolute atomic E-state index is 0.00255. The van der Waals surface area contributed by atoms with Gasteiger partial charge in [-0.15, -0.1) is 0 Å². The van der Waals surface area contributed by atoms with E-state index in [1.807, 2.05) is 43.3 Å². The van der Waals surface area contributed by atoms with Crippen LogP contribution in [-0.2, 0) is 6.54 Å². The fourth-order valence-electron chi connectivity index (χ4n) is 2.37. The summed E-state index contributed by atoms with van der Waals surface area (Å²) in [5.74, 6) is 1.17. The predicted molar refractivity (Wildman–Crippen MR) is 107 cm³/mol. The molecule has 134 valence electrons. The molecule has 2 heterocycles. The smallest absolute Gasteiger partial charge is 0.225 e. The second kappa shape index (κ2) is 8.73. The Balaban J connectivity index is 1.88. The van der Waals surface area contributed by atoms with E-state index in [0.717, 1.165) is 21.3 Å². The van der Waals surface area contributed by atoms with Crippen LogP contribution in [0.15, 0.2) is 59.3 Å². The normalized spacial score (nSPS) is 11.8. The van der Waals surface area contributed by atoms with Gasteiger partial charge in [0, 0.05) is 41.1 Å². The number of pyridine rings is 1. The van der Waals surface area contributed by atoms with Gasteiger partial charge in [0.15, 0.2) is 0 Å². The lowest BCUT2D eigenvalue weighted by atomic mass is 10.2. The first-order valence-electron chi connectivity index (χ1n) is 8.30. The average Bonchev–Trinajstić information content (AvgIpc) is 2.68. The van der Waals surface area contributed by atoms with Crippen molar-refractivity contribution in [1.82, 2.24) is 15.0 Å². The van der Waals surface area contributed by atoms with E-state index in [4.69, 9.17) is 0 Å². The van der Waals surface area contributed by atoms with Crippen molar-refractivity contribution < 1.29 is 5.11 Å². The monoisotopic (exact) mass is 413 g/mol. The second-order valence-electron chi connectivity index (χ2n) is 5.87. The summed E-state index contributed by atoms with van der Waals surface area (Å²) in [6.45, 7) is 2.50. The molecule has 7 heteroatoms. The summed E-state index contributed by atoms with van der Waals surface area (Å²) in [6.07, 6.45) is 3.46. The van der Waals surface area contributed by atoms with Crippen LogP contribution in [0.4, 0.5) is 11.8 Å². The molecule has 0 unspecified atom stereocenters. The molecule has 0 saturated carbocycles. The third kappa shape index (κ3) is 4.77. The van der Waals surface area contributed by atoms with Crippen LogP contribution in [0.5, 0.6) is 0 Å². The van der Waals surface area contributed by atoms with Crippen molar-refractivity contribution in [2.75, 3.05) is 17.2 Å². The third-order valence-electron chi connectivity index (χ3n) is 3.77. The summed E-state index contributed by atoms with van der Waals surface area (Å²) < 4.78 is 1.04. The average molecular weight is 414 g/mol. The Hall–Kier alpha value is -2.51. The molecule has 1 aromatic carbocycles. The highest BCUT2D eigenvalue weighted by Crippen LogP contribution is 2.22. The van der Waals surface area contributed by atoms with Gasteiger partial charge in [-0.1, -0.05) is 34.1 Å². The van der Waals surface area contributed by atoms with Gasteiger partial charge in [-0.25, -0.2) is 4.98 Å². The van der Waals surface area contributed by atoms with Gasteiger partial charge >= 0.3 is 0 Å². The SMILES string of the molecule is C[C@@H](CO)Nc1nc(NCc2ccccc2Br)cc(-c2ccncc2)n1. The molecule has 26 heavy (non-hydrogen) atoms. The summed E-state index contributed by atoms with van der Waals surface area (Å²) in [7, 11) is 0. The van der Waals surface area contributed by atoms with Crippen molar-refractivity contribution in [2.45, 2.75) is 19.5 Å². The third-order valence-corrected chi connectivity index (χ3v) is 4.54. The molecule has 0 radical (unpaired) electrons. The largest absolute Gasteiger partial charge is 0.394 e. The number of aliphatic hydroxyl groups is 1. The number of benzene rings is 1. The number of nitrogens with one attached hydrogen (secondary N) is 2. The molecular weight excluding hydrogens is 394 g/mol. The van der Waals surface area contributed by atoms with Gasteiger partial charge in [0.2, 0.25) is 5.95 Å². The van der Waals surface area contributed by atoms with E-state index >= 15 is 0 Å². The van der Waals surface area contributed by atoms with Crippen LogP contribution in [0.25, 0.3) is 11.3 Å². The van der Waals surface area contributed by atoms with E-state index in [-0.39, 0.29) is 12.6 Å². The summed E-state index contributed by atoms with van der Waals surface area (Å²) in [5, 5.41) is 15.7. The van der Waals surface area contributed by atoms with Gasteiger partial charge in [-0.3, -0.25) is 4.98 Å². The zero-order chi connectivity index (χ0) is 18.4. The number of hydrogen-bond donors (Lipinski definition) is 3. The Morgan fingerprint density at radius 1 is 1.12 bits per heavy atom. The number of aliphatic hydroxyl groups excluding tert-OH is 1. The van der Waals surface area contributed by atoms with E-state index < -0.39 is 0 Å². The Bertz CT molecular complexity index is 860. The molecule has 0 fully saturated rings. The lowest BCUT2D eigenvalue weighted by Gasteiger charge is -2.14. The van der Waals surface area contributed by atoms with Crippen LogP contribution in [0.1, 0.15) is 12.5 Å². The molecule has 0 spiro atoms. The molecule has 2 aromatic heterocycles. The number of hydrogen-bond acceptors (Lipinski definition) is 6. The second-order valence-corrected chi connectivity index (χ2v) is 6.73. The first kappa shape index (κ1) is 18.3. The Morgan fingerprint density at radius 2 is 1.88 bits per heavy atom. The molecular formula is C19H20BrN5O. The Kier molecular flexibility index (Phi) is 6.14. The fraction of sp³-hybridized carbons (Fsp3) is 0.211. The maximum atomic E-state index is 9.29. The van der Waals surface area contributed by atoms with E-state index in [0.29, 0.717) is 18.3 Å². The van der Waals surface area contributed by atoms with Gasteiger partial charge in [-0.05, 0) is 30.7 Å². The van der Waals surface area contributed by atoms with Crippen LogP contribution in [0, 0.1) is 0 Å². The minimum atomic E-state index is -0.140. The van der Waals surface area contributed by atoms with Crippen LogP contribution in [-0.4, -0.2) is 32.7 Å². The van der Waals surface area contributed by atoms with E-state index in [1.54, 1.807) is 12.4 Å². The Labute approximate surface area is 160 Å². The molecule has 0 aliphatic rings. The maximum absolute atomic E-state index is 9.29. The standard InChI is InChI=1S/C19H20BrN5O/c1-13(12-26)23-19-24-17(14-6-8-21-9-7-14)10-18(25-19)22-11-15-4-2-3-5-16(15)20/h2-10,13,26H,11-12H2,1H3,(H2,22,23,24,25)/t13-/m0/s1. The number of anilines is 2. The van der Waals surface area contributed by atoms with Crippen LogP contribution in [0.2, 0.25) is 0 Å². The molecule has 1 atom stereocenters. The van der Waals surface area contributed by atoms with Crippen molar-refractivity contribution in [1.29, 1.82) is 0 Å². The molecule has 3 aromatic rings. The van der Waals surface area contributed by atoms with Gasteiger partial charge in [0.05, 0.1) is 12.3 Å². The van der Waals surface area contributed by atoms with Crippen LogP contribution >= 0.6 is 15.9 Å². The highest BCUT2D eigenvalue weighted by Gasteiger charge is 2.09. The zero-order valence-corrected chi connectivity index (χ0v) is 15.9. The lowest BCUT2D eigenvalue weighted by molar-refractivity contribution is 0.281. The fourth-order valence-corrected chi connectivity index (χ4v) is 2.79. The van der Waals surface area contributed by atoms with Gasteiger partial charge in [-0.2, -0.15) is 4.98 Å². The van der Waals surface area contributed by atoms with Crippen LogP contribution in [0.3, 0.4) is 0 Å². The highest BCUT2D eigenvalue weighted by molar-refractivity contribution is 9.10. The quantitative estimate of drug-likeness (QED) is 0.547. The van der Waals surface area contributed by atoms with E-state index in [9.17, 15) is 5.11 Å². The number of rotatable bonds is 7. The van der Waals surface area contributed by atoms with Crippen molar-refractivity contribution in [3.8, 4) is 11.3 Å². The first-order chi connectivity index (χ1) is 12.7. The van der Waals surface area contributed by atoms with Gasteiger partial charge in [0.1, 0.15) is 5.82 Å². The summed E-state index contributed by atoms with van der Waals surface area (Å²) in [5.41, 5.74) is 2.87. The van der Waals surface area contributed by atoms with E-state index in [2.05, 4.69) is 47.6 Å². The zero-order valence-electron chi connectivity index (χ0n) is 14.4. The molecule has 3 rings (SSSR count). The topological polar surface area (TPSA) is 83.0 Å². The molecule has 0 aliphatic heterocycles. The number of halogens is 1. The van der Waals surface area contributed by atoms with Gasteiger partial charge < -0.3 is 15.7 Å². The predicted octanol–water partition coefficient (Wildman–Crippen LogP) is 3.71. The molecule has 6 nitrogen and oxygen atoms in total. The van der Waals surface area contributed by atoms with Crippen LogP contribution < -0.4 is 10.6 Å². The van der Waals surface area contributed by atoms with E-state index in [1.165, 1.54) is 0 Å². The number of aromatic nitrogens is 3. The molecule has 0 amide bonds. The maximum Gasteiger partial charge on any atom is 0.225 e. The summed E-state index contributed by atoms with van der Waals surface area (Å²) >= 11 is 3.56. The van der Waals surface area contributed by atoms with Gasteiger partial charge in [0.25, 0.3) is 0 Å². The minimum Gasteiger partial charge on any atom is -0.394 e. The molecule has 0 bridgehead atoms. The molecule has 0 aliphatic carbocycles. The van der Waals surface area contributed by atoms with Crippen molar-refractivity contribution in [3.05, 3.63) is 64.9 Å². The summed E-state index contributed by atoms with van der Waals surface area (Å²) in [4.78, 5) is 13.1. The molecule has 0 saturated heterocycles. The lowest BCUT2D eigenvalue weighted by Crippen LogP contribution is -2.21. The Morgan fingerprint density at radius 3 is 2.62 bits per heavy atom. The highest BCUT2D eigenvalue weighted by atomic mass is 79.9.